The predicted octanol–water partition coefficient (Wildman–Crippen LogP) is 3.54. The largest absolute Gasteiger partial charge is 0.417 e. The molecule has 5 rings (SSSR count). The van der Waals surface area contributed by atoms with E-state index in [1.54, 1.807) is 0 Å². The number of nitrogens with zero attached hydrogens (tertiary/aromatic N) is 6. The van der Waals surface area contributed by atoms with E-state index in [2.05, 4.69) is 15.1 Å². The van der Waals surface area contributed by atoms with Crippen LogP contribution >= 0.6 is 0 Å². The highest BCUT2D eigenvalue weighted by atomic mass is 19.4. The van der Waals surface area contributed by atoms with Crippen LogP contribution in [0.5, 0.6) is 0 Å². The van der Waals surface area contributed by atoms with E-state index < -0.39 is 50.0 Å². The van der Waals surface area contributed by atoms with Gasteiger partial charge in [-0.05, 0) is 43.2 Å². The zero-order chi connectivity index (χ0) is 30.8. The number of hydrogen-bond acceptors (Lipinski definition) is 6. The van der Waals surface area contributed by atoms with Gasteiger partial charge in [0.2, 0.25) is 5.91 Å². The Hall–Kier alpha value is -4.22. The highest BCUT2D eigenvalue weighted by Gasteiger charge is 2.36. The molecular formula is C24H22F3N7O2. The van der Waals surface area contributed by atoms with Crippen LogP contribution in [0, 0.1) is 5.92 Å². The van der Waals surface area contributed by atoms with Crippen molar-refractivity contribution in [2.75, 3.05) is 12.7 Å². The lowest BCUT2D eigenvalue weighted by molar-refractivity contribution is -0.144. The van der Waals surface area contributed by atoms with Crippen molar-refractivity contribution in [3.05, 3.63) is 59.5 Å². The summed E-state index contributed by atoms with van der Waals surface area (Å²) in [5.74, 6) is -2.51. The van der Waals surface area contributed by atoms with E-state index in [0.29, 0.717) is 29.1 Å². The summed E-state index contributed by atoms with van der Waals surface area (Å²) in [6.45, 7) is -6.52. The van der Waals surface area contributed by atoms with Crippen LogP contribution < -0.4 is 5.73 Å². The summed E-state index contributed by atoms with van der Waals surface area (Å²) < 4.78 is 87.5. The van der Waals surface area contributed by atoms with Crippen LogP contribution in [-0.2, 0) is 24.5 Å². The maximum Gasteiger partial charge on any atom is 0.417 e. The van der Waals surface area contributed by atoms with E-state index in [9.17, 15) is 22.8 Å². The second-order valence-electron chi connectivity index (χ2n) is 8.37. The van der Waals surface area contributed by atoms with Crippen molar-refractivity contribution >= 4 is 39.4 Å². The number of aromatic nitrogens is 4. The van der Waals surface area contributed by atoms with Gasteiger partial charge < -0.3 is 5.73 Å². The molecule has 4 aromatic rings. The van der Waals surface area contributed by atoms with Crippen molar-refractivity contribution in [1.29, 1.82) is 0 Å². The van der Waals surface area contributed by atoms with Gasteiger partial charge in [-0.1, -0.05) is 0 Å². The molecule has 36 heavy (non-hydrogen) atoms. The van der Waals surface area contributed by atoms with Crippen LogP contribution in [-0.4, -0.2) is 48.6 Å². The molecule has 0 bridgehead atoms. The quantitative estimate of drug-likeness (QED) is 0.427. The number of pyridine rings is 2. The molecule has 0 saturated heterocycles. The molecule has 1 aliphatic carbocycles. The molecule has 12 heteroatoms. The van der Waals surface area contributed by atoms with Crippen LogP contribution in [0.2, 0.25) is 0 Å². The lowest BCUT2D eigenvalue weighted by atomic mass is 10.1. The SMILES string of the molecule is [2H]C([2H])([2H])N(C(=O)C1CC1)N(Cc1ccc(C(F)(F)F)cn1)C(=O)c1ccc2nc(N)c3cnn(C([2H])([2H])[2H])c3c2c1. The van der Waals surface area contributed by atoms with Crippen molar-refractivity contribution < 1.29 is 31.0 Å². The first-order valence-corrected chi connectivity index (χ1v) is 10.7. The molecule has 0 atom stereocenters. The fourth-order valence-electron chi connectivity index (χ4n) is 3.79. The van der Waals surface area contributed by atoms with E-state index in [4.69, 9.17) is 14.0 Å². The zero-order valence-corrected chi connectivity index (χ0v) is 18.5. The van der Waals surface area contributed by atoms with Gasteiger partial charge in [-0.2, -0.15) is 18.3 Å². The summed E-state index contributed by atoms with van der Waals surface area (Å²) in [7, 11) is 0. The molecular weight excluding hydrogens is 475 g/mol. The molecule has 1 aromatic carbocycles. The molecule has 0 spiro atoms. The maximum absolute atomic E-state index is 14.0. The summed E-state index contributed by atoms with van der Waals surface area (Å²) >= 11 is 0. The van der Waals surface area contributed by atoms with Crippen molar-refractivity contribution in [3.8, 4) is 0 Å². The first-order chi connectivity index (χ1) is 19.5. The molecule has 3 heterocycles. The van der Waals surface area contributed by atoms with Crippen LogP contribution in [0.4, 0.5) is 19.0 Å². The van der Waals surface area contributed by atoms with E-state index >= 15 is 0 Å². The average Bonchev–Trinajstić information content (AvgIpc) is 3.63. The molecule has 1 saturated carbocycles. The Bertz CT molecular complexity index is 1700. The van der Waals surface area contributed by atoms with Gasteiger partial charge in [0.25, 0.3) is 5.91 Å². The second kappa shape index (κ2) is 8.47. The number of rotatable bonds is 4. The Kier molecular flexibility index (Phi) is 4.06. The number of hydrogen-bond donors (Lipinski definition) is 1. The first kappa shape index (κ1) is 17.2. The third-order valence-corrected chi connectivity index (χ3v) is 5.86. The molecule has 9 nitrogen and oxygen atoms in total. The van der Waals surface area contributed by atoms with Crippen molar-refractivity contribution in [2.45, 2.75) is 25.6 Å². The number of anilines is 1. The number of carbonyl (C=O) groups is 2. The number of alkyl halides is 3. The minimum absolute atomic E-state index is 0.00862. The number of halogens is 3. The number of aryl methyl sites for hydroxylation is 1. The van der Waals surface area contributed by atoms with Gasteiger partial charge in [0.05, 0.1) is 40.4 Å². The summed E-state index contributed by atoms with van der Waals surface area (Å²) in [5, 5.41) is 5.20. The van der Waals surface area contributed by atoms with Gasteiger partial charge in [0.15, 0.2) is 0 Å². The van der Waals surface area contributed by atoms with E-state index in [1.807, 2.05) is 0 Å². The number of nitrogen functional groups attached to an aromatic ring is 1. The van der Waals surface area contributed by atoms with E-state index in [1.165, 1.54) is 24.4 Å². The van der Waals surface area contributed by atoms with Gasteiger partial charge >= 0.3 is 6.18 Å². The zero-order valence-electron chi connectivity index (χ0n) is 24.5. The Morgan fingerprint density at radius 2 is 2.00 bits per heavy atom. The summed E-state index contributed by atoms with van der Waals surface area (Å²) in [5.41, 5.74) is 4.91. The number of amides is 2. The number of hydrazine groups is 1. The first-order valence-electron chi connectivity index (χ1n) is 13.7. The predicted molar refractivity (Wildman–Crippen MR) is 125 cm³/mol. The highest BCUT2D eigenvalue weighted by Crippen LogP contribution is 2.33. The van der Waals surface area contributed by atoms with Crippen LogP contribution in [0.15, 0.2) is 42.7 Å². The Balaban J connectivity index is 1.64. The maximum atomic E-state index is 14.0. The molecule has 2 amide bonds. The normalized spacial score (nSPS) is 17.0. The number of carbonyl (C=O) groups excluding carboxylic acids is 2. The number of nitrogens with two attached hydrogens (primary N) is 1. The molecule has 186 valence electrons. The van der Waals surface area contributed by atoms with Crippen molar-refractivity contribution in [1.82, 2.24) is 29.8 Å². The topological polar surface area (TPSA) is 110 Å². The van der Waals surface area contributed by atoms with Gasteiger partial charge in [-0.3, -0.25) is 24.3 Å². The van der Waals surface area contributed by atoms with Crippen molar-refractivity contribution in [3.63, 3.8) is 0 Å². The fourth-order valence-corrected chi connectivity index (χ4v) is 3.79. The molecule has 2 N–H and O–H groups in total. The van der Waals surface area contributed by atoms with Crippen LogP contribution in [0.1, 0.15) is 42.7 Å². The number of benzene rings is 1. The van der Waals surface area contributed by atoms with E-state index in [-0.39, 0.29) is 38.9 Å². The van der Waals surface area contributed by atoms with E-state index in [0.717, 1.165) is 16.8 Å². The van der Waals surface area contributed by atoms with Crippen LogP contribution in [0.3, 0.4) is 0 Å². The third kappa shape index (κ3) is 4.18. The van der Waals surface area contributed by atoms with Gasteiger partial charge in [-0.25, -0.2) is 9.99 Å². The Morgan fingerprint density at radius 3 is 2.64 bits per heavy atom. The lowest BCUT2D eigenvalue weighted by Gasteiger charge is -2.32. The smallest absolute Gasteiger partial charge is 0.383 e. The van der Waals surface area contributed by atoms with Crippen molar-refractivity contribution in [2.24, 2.45) is 12.9 Å². The Labute approximate surface area is 211 Å². The standard InChI is InChI=1S/C24H22F3N7O2/c1-32-20-17-9-14(5-8-19(17)31-21(28)18(20)11-30-32)23(36)34(33(2)22(35)13-3-4-13)12-16-7-6-15(10-29-16)24(25,26)27/h5-11,13H,3-4,12H2,1-2H3,(H2,28,31)/i1D3,2D3. The fraction of sp³-hybridized carbons (Fsp3) is 0.292. The molecule has 1 fully saturated rings. The number of fused-ring (bicyclic) bond motifs is 3. The second-order valence-corrected chi connectivity index (χ2v) is 8.37. The van der Waals surface area contributed by atoms with Gasteiger partial charge in [0.1, 0.15) is 5.82 Å². The third-order valence-electron chi connectivity index (χ3n) is 5.86. The summed E-state index contributed by atoms with van der Waals surface area (Å²) in [4.78, 5) is 35.1. The lowest BCUT2D eigenvalue weighted by Crippen LogP contribution is -2.47. The molecule has 0 radical (unpaired) electrons. The summed E-state index contributed by atoms with van der Waals surface area (Å²) in [6.07, 6.45) is -2.11. The Morgan fingerprint density at radius 1 is 1.19 bits per heavy atom. The molecule has 0 unspecified atom stereocenters. The van der Waals surface area contributed by atoms with Gasteiger partial charge in [-0.15, -0.1) is 0 Å². The summed E-state index contributed by atoms with van der Waals surface area (Å²) in [6, 6.07) is 5.63. The molecule has 3 aromatic heterocycles. The minimum Gasteiger partial charge on any atom is -0.383 e. The highest BCUT2D eigenvalue weighted by molar-refractivity contribution is 6.10. The monoisotopic (exact) mass is 503 g/mol. The minimum atomic E-state index is -4.68. The molecule has 0 aliphatic heterocycles. The van der Waals surface area contributed by atoms with Gasteiger partial charge in [0, 0.05) is 45.2 Å². The molecule has 1 aliphatic rings. The average molecular weight is 504 g/mol. The van der Waals surface area contributed by atoms with Crippen LogP contribution in [0.25, 0.3) is 21.8 Å².